The van der Waals surface area contributed by atoms with E-state index in [1.165, 1.54) is 31.2 Å². The van der Waals surface area contributed by atoms with Crippen molar-refractivity contribution in [3.63, 3.8) is 0 Å². The number of ether oxygens (including phenoxy) is 4. The highest BCUT2D eigenvalue weighted by atomic mass is 19.2. The molecule has 0 amide bonds. The molecule has 4 unspecified atom stereocenters. The summed E-state index contributed by atoms with van der Waals surface area (Å²) in [6.07, 6.45) is -2.23. The van der Waals surface area contributed by atoms with E-state index in [0.29, 0.717) is 6.07 Å². The molecule has 0 saturated heterocycles. The molecule has 0 spiro atoms. The van der Waals surface area contributed by atoms with Gasteiger partial charge in [-0.2, -0.15) is 17.6 Å². The summed E-state index contributed by atoms with van der Waals surface area (Å²) in [4.78, 5) is 0. The van der Waals surface area contributed by atoms with E-state index in [1.54, 1.807) is 6.92 Å². The van der Waals surface area contributed by atoms with Crippen LogP contribution in [0.4, 0.5) is 52.7 Å². The first kappa shape index (κ1) is 49.2. The molecule has 0 fully saturated rings. The molecule has 0 saturated carbocycles. The lowest BCUT2D eigenvalue weighted by atomic mass is 9.67. The minimum absolute atomic E-state index is 0.0789. The predicted octanol–water partition coefficient (Wildman–Crippen LogP) is 10.8. The zero-order valence-electron chi connectivity index (χ0n) is 32.9. The minimum atomic E-state index is -2.45. The van der Waals surface area contributed by atoms with E-state index in [-0.39, 0.29) is 63.2 Å². The van der Waals surface area contributed by atoms with Crippen molar-refractivity contribution in [1.29, 1.82) is 0 Å². The molecule has 0 aromatic heterocycles. The summed E-state index contributed by atoms with van der Waals surface area (Å²) in [6, 6.07) is 7.41. The lowest BCUT2D eigenvalue weighted by Gasteiger charge is -2.37. The monoisotopic (exact) mass is 864 g/mol. The predicted molar refractivity (Wildman–Crippen MR) is 204 cm³/mol. The fourth-order valence-corrected chi connectivity index (χ4v) is 6.35. The van der Waals surface area contributed by atoms with Crippen molar-refractivity contribution in [2.24, 2.45) is 0 Å². The third-order valence-corrected chi connectivity index (χ3v) is 9.99. The molecule has 0 N–H and O–H groups in total. The molecule has 8 radical (unpaired) electrons. The van der Waals surface area contributed by atoms with Crippen LogP contribution in [0, 0.1) is 69.8 Å². The van der Waals surface area contributed by atoms with Gasteiger partial charge in [0.25, 0.3) is 0 Å². The van der Waals surface area contributed by atoms with Crippen molar-refractivity contribution in [2.45, 2.75) is 106 Å². The van der Waals surface area contributed by atoms with Crippen LogP contribution >= 0.6 is 0 Å². The van der Waals surface area contributed by atoms with Crippen molar-refractivity contribution in [2.75, 3.05) is 0 Å². The number of hydrogen-bond donors (Lipinski definition) is 0. The minimum Gasteiger partial charge on any atom is -0.497 e. The van der Waals surface area contributed by atoms with Gasteiger partial charge in [-0.25, -0.2) is 35.1 Å². The lowest BCUT2D eigenvalue weighted by molar-refractivity contribution is 0.0790. The third kappa shape index (κ3) is 12.6. The summed E-state index contributed by atoms with van der Waals surface area (Å²) in [5, 5.41) is 0. The van der Waals surface area contributed by atoms with Gasteiger partial charge in [0, 0.05) is 12.1 Å². The van der Waals surface area contributed by atoms with Crippen molar-refractivity contribution in [3.05, 3.63) is 118 Å². The molecule has 320 valence electrons. The summed E-state index contributed by atoms with van der Waals surface area (Å²) in [5.74, 6) is -25.3. The summed E-state index contributed by atoms with van der Waals surface area (Å²) in [7, 11) is 25.8. The summed E-state index contributed by atoms with van der Waals surface area (Å²) >= 11 is 0. The normalized spacial score (nSPS) is 15.6. The molecule has 4 atom stereocenters. The van der Waals surface area contributed by atoms with Gasteiger partial charge < -0.3 is 18.9 Å². The zero-order chi connectivity index (χ0) is 45.5. The van der Waals surface area contributed by atoms with Crippen molar-refractivity contribution >= 4 is 31.4 Å². The van der Waals surface area contributed by atoms with E-state index < -0.39 is 128 Å². The summed E-state index contributed by atoms with van der Waals surface area (Å²) < 4.78 is 193. The first-order valence-electron chi connectivity index (χ1n) is 18.9. The molecule has 61 heavy (non-hydrogen) atoms. The highest BCUT2D eigenvalue weighted by Crippen LogP contribution is 2.38. The topological polar surface area (TPSA) is 36.9 Å². The maximum absolute atomic E-state index is 14.9. The van der Waals surface area contributed by atoms with Crippen LogP contribution in [-0.2, 0) is 0 Å². The molecular weight excluding hydrogens is 828 g/mol. The smallest absolute Gasteiger partial charge is 0.206 e. The summed E-state index contributed by atoms with van der Waals surface area (Å²) in [6.45, 7) is 3.06. The molecule has 0 heterocycles. The van der Waals surface area contributed by atoms with Gasteiger partial charge in [-0.05, 0) is 107 Å². The van der Waals surface area contributed by atoms with Crippen LogP contribution < -0.4 is 18.9 Å². The van der Waals surface area contributed by atoms with Crippen LogP contribution in [0.1, 0.15) is 84.5 Å². The van der Waals surface area contributed by atoms with Gasteiger partial charge in [0.1, 0.15) is 48.8 Å². The highest BCUT2D eigenvalue weighted by Gasteiger charge is 2.37. The molecular formula is C41H36B4F12O4. The van der Waals surface area contributed by atoms with Crippen molar-refractivity contribution in [1.82, 2.24) is 0 Å². The van der Waals surface area contributed by atoms with Gasteiger partial charge in [0.2, 0.25) is 40.7 Å². The number of hydrogen-bond acceptors (Lipinski definition) is 4. The quantitative estimate of drug-likeness (QED) is 0.0341. The largest absolute Gasteiger partial charge is 0.497 e. The van der Waals surface area contributed by atoms with Gasteiger partial charge in [0.05, 0.1) is 22.0 Å². The Labute approximate surface area is 350 Å². The average Bonchev–Trinajstić information content (AvgIpc) is 3.21. The number of benzene rings is 4. The van der Waals surface area contributed by atoms with Crippen LogP contribution in [0.5, 0.6) is 23.0 Å². The van der Waals surface area contributed by atoms with Crippen LogP contribution in [0.2, 0.25) is 0 Å². The number of rotatable bonds is 22. The number of halogens is 12. The molecule has 0 aliphatic heterocycles. The fraction of sp³-hybridized carbons (Fsp3) is 0.415. The Bertz CT molecular complexity index is 2100. The molecule has 4 aromatic carbocycles. The van der Waals surface area contributed by atoms with Gasteiger partial charge >= 0.3 is 0 Å². The summed E-state index contributed by atoms with van der Waals surface area (Å²) in [5.41, 5.74) is -7.59. The van der Waals surface area contributed by atoms with E-state index in [9.17, 15) is 52.7 Å². The fourth-order valence-electron chi connectivity index (χ4n) is 6.35. The molecule has 0 aliphatic carbocycles. The SMILES string of the molecule is [B]C(CC)(CCCC([B])(CCCC([B])(CCCC([B])(CC)Oc1c(F)c(F)c(F)c(F)c1F)Oc1c(F)c(F)cc(F)c1F)Oc1ccc(F)cc1F)Oc1ccc(F)cc1. The molecule has 4 rings (SSSR count). The maximum atomic E-state index is 14.9. The van der Waals surface area contributed by atoms with E-state index in [0.717, 1.165) is 12.1 Å². The van der Waals surface area contributed by atoms with Gasteiger partial charge in [-0.3, -0.25) is 0 Å². The van der Waals surface area contributed by atoms with Gasteiger partial charge in [0.15, 0.2) is 34.7 Å². The van der Waals surface area contributed by atoms with Gasteiger partial charge in [-0.1, -0.05) is 13.8 Å². The molecule has 0 bridgehead atoms. The van der Waals surface area contributed by atoms with Crippen LogP contribution in [0.15, 0.2) is 48.5 Å². The van der Waals surface area contributed by atoms with E-state index in [4.69, 9.17) is 50.3 Å². The first-order chi connectivity index (χ1) is 28.5. The Hall–Kier alpha value is -4.50. The Balaban J connectivity index is 1.59. The van der Waals surface area contributed by atoms with E-state index >= 15 is 0 Å². The Morgan fingerprint density at radius 3 is 1.23 bits per heavy atom. The maximum Gasteiger partial charge on any atom is 0.206 e. The van der Waals surface area contributed by atoms with Crippen LogP contribution in [0.3, 0.4) is 0 Å². The average molecular weight is 864 g/mol. The lowest BCUT2D eigenvalue weighted by Crippen LogP contribution is -2.42. The van der Waals surface area contributed by atoms with Gasteiger partial charge in [-0.15, -0.1) is 0 Å². The third-order valence-electron chi connectivity index (χ3n) is 9.99. The highest BCUT2D eigenvalue weighted by molar-refractivity contribution is 6.16. The first-order valence-corrected chi connectivity index (χ1v) is 18.9. The van der Waals surface area contributed by atoms with E-state index in [2.05, 4.69) is 0 Å². The Morgan fingerprint density at radius 2 is 0.770 bits per heavy atom. The Morgan fingerprint density at radius 1 is 0.393 bits per heavy atom. The van der Waals surface area contributed by atoms with Crippen molar-refractivity contribution in [3.8, 4) is 23.0 Å². The standard InChI is InChI=1S/C41H36B4F12O4/c1-3-38(42,58-24-11-8-22(46)9-12-24)14-5-16-40(44,59-28-13-10-23(47)20-25(28)48)17-7-19-41(45,61-36-29(51)26(49)21-27(50)30(36)52)18-6-15-39(43,4-2)60-37-34(56)32(54)31(53)33(55)35(37)57/h8-13,20-21H,3-7,14-19H2,1-2H3. The molecule has 4 aromatic rings. The van der Waals surface area contributed by atoms with Crippen LogP contribution in [-0.4, -0.2) is 53.4 Å². The molecule has 4 nitrogen and oxygen atoms in total. The van der Waals surface area contributed by atoms with Crippen molar-refractivity contribution < 1.29 is 71.6 Å². The molecule has 0 aliphatic rings. The molecule has 20 heteroatoms. The second kappa shape index (κ2) is 20.1. The van der Waals surface area contributed by atoms with E-state index in [1.807, 2.05) is 0 Å². The second-order valence-corrected chi connectivity index (χ2v) is 14.7. The van der Waals surface area contributed by atoms with Crippen LogP contribution in [0.25, 0.3) is 0 Å². The Kier molecular flexibility index (Phi) is 16.2. The second-order valence-electron chi connectivity index (χ2n) is 14.7. The zero-order valence-corrected chi connectivity index (χ0v) is 32.9.